The molecule has 1 aromatic heterocycles. The molecule has 4 nitrogen and oxygen atoms in total. The van der Waals surface area contributed by atoms with E-state index in [4.69, 9.17) is 16.0 Å². The number of quaternary nitrogens is 1. The molecule has 0 unspecified atom stereocenters. The zero-order valence-electron chi connectivity index (χ0n) is 14.2. The molecule has 0 spiro atoms. The SMILES string of the molecule is C[C@@H]([NH2+]CC(=O)N1c2ccccc2Sc2ccc(Cl)cc21)c1ccco1. The Balaban J connectivity index is 1.62. The lowest BCUT2D eigenvalue weighted by Gasteiger charge is -2.30. The predicted molar refractivity (Wildman–Crippen MR) is 103 cm³/mol. The first-order valence-electron chi connectivity index (χ1n) is 8.39. The van der Waals surface area contributed by atoms with Crippen LogP contribution in [-0.4, -0.2) is 12.5 Å². The summed E-state index contributed by atoms with van der Waals surface area (Å²) in [4.78, 5) is 17.0. The highest BCUT2D eigenvalue weighted by molar-refractivity contribution is 7.99. The third kappa shape index (κ3) is 3.26. The average Bonchev–Trinajstić information content (AvgIpc) is 3.19. The van der Waals surface area contributed by atoms with Crippen LogP contribution in [-0.2, 0) is 4.79 Å². The molecule has 4 rings (SSSR count). The Kier molecular flexibility index (Phi) is 4.76. The summed E-state index contributed by atoms with van der Waals surface area (Å²) >= 11 is 7.86. The van der Waals surface area contributed by atoms with Gasteiger partial charge in [-0.05, 0) is 49.4 Å². The molecule has 26 heavy (non-hydrogen) atoms. The van der Waals surface area contributed by atoms with Crippen LogP contribution in [0.3, 0.4) is 0 Å². The number of carbonyl (C=O) groups excluding carboxylic acids is 1. The van der Waals surface area contributed by atoms with Crippen LogP contribution in [0.15, 0.2) is 75.1 Å². The summed E-state index contributed by atoms with van der Waals surface area (Å²) in [7, 11) is 0. The lowest BCUT2D eigenvalue weighted by Crippen LogP contribution is -2.87. The highest BCUT2D eigenvalue weighted by Crippen LogP contribution is 2.48. The van der Waals surface area contributed by atoms with Crippen LogP contribution in [0.5, 0.6) is 0 Å². The standard InChI is InChI=1S/C20H17ClN2O2S/c1-13(17-6-4-10-25-17)22-12-20(24)23-15-5-2-3-7-18(15)26-19-9-8-14(21)11-16(19)23/h2-11,13,22H,12H2,1H3/p+1/t13-/m1/s1. The number of nitrogens with zero attached hydrogens (tertiary/aromatic N) is 1. The van der Waals surface area contributed by atoms with Crippen LogP contribution in [0.2, 0.25) is 5.02 Å². The molecule has 2 N–H and O–H groups in total. The number of hydrogen-bond donors (Lipinski definition) is 1. The van der Waals surface area contributed by atoms with Gasteiger partial charge < -0.3 is 9.73 Å². The number of fused-ring (bicyclic) bond motifs is 2. The lowest BCUT2D eigenvalue weighted by molar-refractivity contribution is -0.684. The van der Waals surface area contributed by atoms with Crippen molar-refractivity contribution < 1.29 is 14.5 Å². The van der Waals surface area contributed by atoms with E-state index in [1.54, 1.807) is 22.9 Å². The minimum absolute atomic E-state index is 0.0136. The zero-order valence-corrected chi connectivity index (χ0v) is 15.8. The second-order valence-corrected chi connectivity index (χ2v) is 7.68. The number of amides is 1. The molecule has 2 heterocycles. The number of rotatable bonds is 4. The van der Waals surface area contributed by atoms with Crippen molar-refractivity contribution in [2.45, 2.75) is 22.8 Å². The number of anilines is 2. The fourth-order valence-electron chi connectivity index (χ4n) is 3.03. The minimum Gasteiger partial charge on any atom is -0.463 e. The first-order valence-corrected chi connectivity index (χ1v) is 9.59. The number of hydrogen-bond acceptors (Lipinski definition) is 3. The first-order chi connectivity index (χ1) is 12.6. The average molecular weight is 386 g/mol. The molecule has 6 heteroatoms. The van der Waals surface area contributed by atoms with Crippen molar-refractivity contribution in [3.05, 3.63) is 71.6 Å². The van der Waals surface area contributed by atoms with E-state index in [0.717, 1.165) is 26.9 Å². The van der Waals surface area contributed by atoms with Gasteiger partial charge in [-0.1, -0.05) is 35.5 Å². The molecular formula is C20H18ClN2O2S+. The summed E-state index contributed by atoms with van der Waals surface area (Å²) < 4.78 is 5.42. The number of furan rings is 1. The number of carbonyl (C=O) groups is 1. The van der Waals surface area contributed by atoms with Gasteiger partial charge >= 0.3 is 0 Å². The second kappa shape index (κ2) is 7.19. The molecule has 3 aromatic rings. The van der Waals surface area contributed by atoms with Gasteiger partial charge in [0.05, 0.1) is 17.6 Å². The summed E-state index contributed by atoms with van der Waals surface area (Å²) in [5.41, 5.74) is 1.74. The van der Waals surface area contributed by atoms with Crippen LogP contribution in [0, 0.1) is 0 Å². The third-order valence-electron chi connectivity index (χ3n) is 4.38. The summed E-state index contributed by atoms with van der Waals surface area (Å²) in [6.45, 7) is 2.34. The number of para-hydroxylation sites is 1. The number of benzene rings is 2. The predicted octanol–water partition coefficient (Wildman–Crippen LogP) is 4.39. The lowest BCUT2D eigenvalue weighted by atomic mass is 10.2. The van der Waals surface area contributed by atoms with E-state index in [-0.39, 0.29) is 11.9 Å². The fourth-order valence-corrected chi connectivity index (χ4v) is 4.24. The molecule has 0 aliphatic carbocycles. The van der Waals surface area contributed by atoms with Crippen molar-refractivity contribution in [1.82, 2.24) is 0 Å². The van der Waals surface area contributed by atoms with Gasteiger partial charge in [-0.15, -0.1) is 0 Å². The molecule has 1 atom stereocenters. The Labute approximate surface area is 161 Å². The van der Waals surface area contributed by atoms with Crippen LogP contribution < -0.4 is 10.2 Å². The van der Waals surface area contributed by atoms with Gasteiger partial charge in [0.1, 0.15) is 6.04 Å². The quantitative estimate of drug-likeness (QED) is 0.724. The molecule has 0 saturated heterocycles. The van der Waals surface area contributed by atoms with Crippen molar-refractivity contribution in [1.29, 1.82) is 0 Å². The van der Waals surface area contributed by atoms with E-state index in [2.05, 4.69) is 0 Å². The van der Waals surface area contributed by atoms with Crippen molar-refractivity contribution in [3.8, 4) is 0 Å². The van der Waals surface area contributed by atoms with Crippen LogP contribution in [0.25, 0.3) is 0 Å². The minimum atomic E-state index is 0.0136. The summed E-state index contributed by atoms with van der Waals surface area (Å²) in [5, 5.41) is 2.60. The maximum atomic E-state index is 13.1. The maximum Gasteiger partial charge on any atom is 0.286 e. The summed E-state index contributed by atoms with van der Waals surface area (Å²) in [6.07, 6.45) is 1.65. The third-order valence-corrected chi connectivity index (χ3v) is 5.74. The van der Waals surface area contributed by atoms with Crippen molar-refractivity contribution in [2.75, 3.05) is 11.4 Å². The topological polar surface area (TPSA) is 50.1 Å². The molecule has 1 amide bonds. The van der Waals surface area contributed by atoms with Gasteiger partial charge in [0.2, 0.25) is 0 Å². The smallest absolute Gasteiger partial charge is 0.286 e. The molecule has 0 saturated carbocycles. The van der Waals surface area contributed by atoms with Gasteiger partial charge in [0.15, 0.2) is 12.3 Å². The molecule has 2 aromatic carbocycles. The molecule has 0 bridgehead atoms. The van der Waals surface area contributed by atoms with Gasteiger partial charge in [0.25, 0.3) is 5.91 Å². The highest BCUT2D eigenvalue weighted by atomic mass is 35.5. The summed E-state index contributed by atoms with van der Waals surface area (Å²) in [6, 6.07) is 17.5. The van der Waals surface area contributed by atoms with Crippen molar-refractivity contribution >= 4 is 40.6 Å². The van der Waals surface area contributed by atoms with Gasteiger partial charge in [0, 0.05) is 14.8 Å². The zero-order chi connectivity index (χ0) is 18.1. The van der Waals surface area contributed by atoms with E-state index in [0.29, 0.717) is 11.6 Å². The Hall–Kier alpha value is -2.21. The Morgan fingerprint density at radius 2 is 1.96 bits per heavy atom. The molecule has 0 fully saturated rings. The van der Waals surface area contributed by atoms with Gasteiger partial charge in [-0.2, -0.15) is 0 Å². The fraction of sp³-hybridized carbons (Fsp3) is 0.150. The van der Waals surface area contributed by atoms with Crippen molar-refractivity contribution in [3.63, 3.8) is 0 Å². The Morgan fingerprint density at radius 1 is 1.15 bits per heavy atom. The monoisotopic (exact) mass is 385 g/mol. The summed E-state index contributed by atoms with van der Waals surface area (Å²) in [5.74, 6) is 0.871. The van der Waals surface area contributed by atoms with Crippen LogP contribution in [0.1, 0.15) is 18.7 Å². The Bertz CT molecular complexity index is 943. The van der Waals surface area contributed by atoms with E-state index in [9.17, 15) is 4.79 Å². The van der Waals surface area contributed by atoms with E-state index in [1.165, 1.54) is 0 Å². The Morgan fingerprint density at radius 3 is 2.77 bits per heavy atom. The molecule has 1 aliphatic rings. The van der Waals surface area contributed by atoms with E-state index in [1.807, 2.05) is 66.8 Å². The normalized spacial score (nSPS) is 13.8. The maximum absolute atomic E-state index is 13.1. The second-order valence-electron chi connectivity index (χ2n) is 6.15. The highest BCUT2D eigenvalue weighted by Gasteiger charge is 2.29. The molecule has 1 aliphatic heterocycles. The van der Waals surface area contributed by atoms with Crippen LogP contribution >= 0.6 is 23.4 Å². The van der Waals surface area contributed by atoms with Crippen molar-refractivity contribution in [2.24, 2.45) is 0 Å². The molecule has 0 radical (unpaired) electrons. The molecular weight excluding hydrogens is 368 g/mol. The van der Waals surface area contributed by atoms with E-state index >= 15 is 0 Å². The molecule has 132 valence electrons. The first kappa shape index (κ1) is 17.2. The number of halogens is 1. The largest absolute Gasteiger partial charge is 0.463 e. The van der Waals surface area contributed by atoms with Gasteiger partial charge in [-0.25, -0.2) is 0 Å². The van der Waals surface area contributed by atoms with Gasteiger partial charge in [-0.3, -0.25) is 9.69 Å². The van der Waals surface area contributed by atoms with Crippen LogP contribution in [0.4, 0.5) is 11.4 Å². The van der Waals surface area contributed by atoms with E-state index < -0.39 is 0 Å². The number of nitrogens with two attached hydrogens (primary N) is 1.